The van der Waals surface area contributed by atoms with Crippen LogP contribution in [-0.4, -0.2) is 18.4 Å². The van der Waals surface area contributed by atoms with Gasteiger partial charge in [-0.15, -0.1) is 0 Å². The van der Waals surface area contributed by atoms with Crippen molar-refractivity contribution in [3.05, 3.63) is 0 Å². The normalized spacial score (nSPS) is 68.6. The summed E-state index contributed by atoms with van der Waals surface area (Å²) in [6, 6.07) is 0. The highest BCUT2D eigenvalue weighted by atomic mass is 16.5. The maximum Gasteiger partial charge on any atom is 0.146 e. The zero-order valence-electron chi connectivity index (χ0n) is 18.7. The van der Waals surface area contributed by atoms with Gasteiger partial charge in [-0.1, -0.05) is 56.5 Å². The van der Waals surface area contributed by atoms with Crippen molar-refractivity contribution < 1.29 is 4.74 Å². The van der Waals surface area contributed by atoms with Crippen molar-refractivity contribution in [1.29, 1.82) is 0 Å². The third-order valence-electron chi connectivity index (χ3n) is 13.4. The van der Waals surface area contributed by atoms with Crippen LogP contribution >= 0.6 is 0 Å². The van der Waals surface area contributed by atoms with Gasteiger partial charge in [0.05, 0.1) is 11.7 Å². The van der Waals surface area contributed by atoms with E-state index in [4.69, 9.17) is 4.74 Å². The average molecular weight is 390 g/mol. The molecule has 2 saturated heterocycles. The Balaban J connectivity index is 1.06. The molecule has 10 fully saturated rings. The Morgan fingerprint density at radius 1 is 0.621 bits per heavy atom. The summed E-state index contributed by atoms with van der Waals surface area (Å²) in [7, 11) is 0. The number of fused-ring (bicyclic) bond motifs is 2. The first-order valence-electron chi connectivity index (χ1n) is 13.7. The van der Waals surface area contributed by atoms with Crippen LogP contribution in [-0.2, 0) is 4.74 Å². The summed E-state index contributed by atoms with van der Waals surface area (Å²) in [5.74, 6) is 17.1. The lowest BCUT2D eigenvalue weighted by Gasteiger charge is -2.42. The fourth-order valence-corrected chi connectivity index (χ4v) is 14.1. The van der Waals surface area contributed by atoms with E-state index in [-0.39, 0.29) is 5.60 Å². The number of hydrogen-bond acceptors (Lipinski definition) is 1. The van der Waals surface area contributed by atoms with Crippen molar-refractivity contribution in [2.75, 3.05) is 0 Å². The van der Waals surface area contributed by atoms with Gasteiger partial charge in [-0.25, -0.2) is 0 Å². The van der Waals surface area contributed by atoms with E-state index >= 15 is 0 Å². The van der Waals surface area contributed by atoms with Crippen LogP contribution < -0.4 is 0 Å². The van der Waals surface area contributed by atoms with Gasteiger partial charge in [0.2, 0.25) is 0 Å². The summed E-state index contributed by atoms with van der Waals surface area (Å²) in [6.45, 7) is 8.08. The van der Waals surface area contributed by atoms with Crippen molar-refractivity contribution in [2.24, 2.45) is 76.9 Å². The molecule has 156 valence electrons. The molecule has 8 unspecified atom stereocenters. The first kappa shape index (κ1) is 16.6. The molecule has 8 aliphatic carbocycles. The molecule has 2 aliphatic heterocycles. The Kier molecular flexibility index (Phi) is 2.78. The van der Waals surface area contributed by atoms with Gasteiger partial charge in [0, 0.05) is 0 Å². The fraction of sp³-hybridized carbons (Fsp3) is 1.00. The van der Waals surface area contributed by atoms with E-state index in [1.54, 1.807) is 44.8 Å². The Bertz CT molecular complexity index is 692. The highest BCUT2D eigenvalue weighted by Crippen LogP contribution is 2.94. The molecular weight excluding hydrogens is 351 g/mol. The second-order valence-corrected chi connectivity index (χ2v) is 14.6. The molecule has 2 heteroatoms. The highest BCUT2D eigenvalue weighted by Gasteiger charge is 2.92. The van der Waals surface area contributed by atoms with Gasteiger partial charge in [-0.3, -0.25) is 0 Å². The second kappa shape index (κ2) is 4.84. The number of ether oxygens (including phenoxy) is 1. The molecule has 0 N–H and O–H groups in total. The summed E-state index contributed by atoms with van der Waals surface area (Å²) in [6.07, 6.45) is 11.9. The number of hydrogen-bond donors (Lipinski definition) is 0. The molecule has 8 saturated carbocycles. The minimum atomic E-state index is 0.0628. The summed E-state index contributed by atoms with van der Waals surface area (Å²) < 4.78 is 6.83. The van der Waals surface area contributed by atoms with Gasteiger partial charge in [-0.2, -0.15) is 0 Å². The van der Waals surface area contributed by atoms with Crippen molar-refractivity contribution >= 4 is 6.71 Å². The van der Waals surface area contributed by atoms with Crippen LogP contribution in [0.15, 0.2) is 0 Å². The molecular formula is C27H39BO. The standard InChI is InChI=1S/C27H39BO/c1-27(2,3)29-26-24-20-16-14-13(10-28-11-6-4-7-12(28)9-5-8-11)15-18(16)22(24)23-19(15)17(14)21(20)25(23)26/h11-26H,4-10H2,1-3H3. The Morgan fingerprint density at radius 2 is 1.03 bits per heavy atom. The molecule has 2 heterocycles. The largest absolute Gasteiger partial charge is 0.372 e. The predicted molar refractivity (Wildman–Crippen MR) is 116 cm³/mol. The smallest absolute Gasteiger partial charge is 0.146 e. The molecule has 10 rings (SSSR count). The predicted octanol–water partition coefficient (Wildman–Crippen LogP) is 5.88. The lowest BCUT2D eigenvalue weighted by molar-refractivity contribution is -0.0869. The van der Waals surface area contributed by atoms with Crippen LogP contribution in [0.25, 0.3) is 0 Å². The summed E-state index contributed by atoms with van der Waals surface area (Å²) in [4.78, 5) is 0. The zero-order chi connectivity index (χ0) is 19.0. The van der Waals surface area contributed by atoms with Crippen LogP contribution in [0, 0.1) is 76.9 Å². The molecule has 1 nitrogen and oxygen atoms in total. The topological polar surface area (TPSA) is 9.23 Å². The monoisotopic (exact) mass is 390 g/mol. The second-order valence-electron chi connectivity index (χ2n) is 14.6. The van der Waals surface area contributed by atoms with E-state index in [9.17, 15) is 0 Å². The molecule has 6 bridgehead atoms. The highest BCUT2D eigenvalue weighted by molar-refractivity contribution is 6.62. The lowest BCUT2D eigenvalue weighted by atomic mass is 9.25. The van der Waals surface area contributed by atoms with Gasteiger partial charge in [-0.05, 0) is 97.7 Å². The first-order chi connectivity index (χ1) is 14.0. The van der Waals surface area contributed by atoms with Crippen molar-refractivity contribution in [3.63, 3.8) is 0 Å². The van der Waals surface area contributed by atoms with Gasteiger partial charge in [0.1, 0.15) is 6.71 Å². The third-order valence-corrected chi connectivity index (χ3v) is 13.4. The van der Waals surface area contributed by atoms with Crippen LogP contribution in [0.1, 0.15) is 59.3 Å². The van der Waals surface area contributed by atoms with Crippen LogP contribution in [0.5, 0.6) is 0 Å². The van der Waals surface area contributed by atoms with E-state index in [0.29, 0.717) is 6.10 Å². The molecule has 10 aliphatic rings. The lowest BCUT2D eigenvalue weighted by Crippen LogP contribution is -2.37. The molecule has 0 aromatic heterocycles. The minimum absolute atomic E-state index is 0.0628. The Morgan fingerprint density at radius 3 is 1.45 bits per heavy atom. The van der Waals surface area contributed by atoms with Crippen molar-refractivity contribution in [2.45, 2.75) is 89.0 Å². The van der Waals surface area contributed by atoms with E-state index in [1.807, 2.05) is 0 Å². The fourth-order valence-electron chi connectivity index (χ4n) is 14.1. The first-order valence-corrected chi connectivity index (χ1v) is 13.7. The molecule has 0 amide bonds. The van der Waals surface area contributed by atoms with E-state index < -0.39 is 0 Å². The molecule has 0 radical (unpaired) electrons. The maximum absolute atomic E-state index is 6.83. The summed E-state index contributed by atoms with van der Waals surface area (Å²) in [5.41, 5.74) is 0.0628. The third kappa shape index (κ3) is 1.60. The number of rotatable bonds is 3. The maximum atomic E-state index is 6.83. The molecule has 0 spiro atoms. The van der Waals surface area contributed by atoms with Gasteiger partial charge >= 0.3 is 0 Å². The molecule has 29 heavy (non-hydrogen) atoms. The van der Waals surface area contributed by atoms with Crippen molar-refractivity contribution in [1.82, 2.24) is 0 Å². The van der Waals surface area contributed by atoms with Crippen LogP contribution in [0.4, 0.5) is 0 Å². The van der Waals surface area contributed by atoms with Gasteiger partial charge < -0.3 is 4.74 Å². The Labute approximate surface area is 177 Å². The molecule has 0 aromatic rings. The van der Waals surface area contributed by atoms with Crippen LogP contribution in [0.2, 0.25) is 18.0 Å². The van der Waals surface area contributed by atoms with E-state index in [0.717, 1.165) is 53.9 Å². The summed E-state index contributed by atoms with van der Waals surface area (Å²) in [5, 5.41) is 0. The summed E-state index contributed by atoms with van der Waals surface area (Å²) >= 11 is 0. The zero-order valence-corrected chi connectivity index (χ0v) is 18.7. The quantitative estimate of drug-likeness (QED) is 0.547. The van der Waals surface area contributed by atoms with Gasteiger partial charge in [0.25, 0.3) is 0 Å². The van der Waals surface area contributed by atoms with Crippen LogP contribution in [0.3, 0.4) is 0 Å². The van der Waals surface area contributed by atoms with Gasteiger partial charge in [0.15, 0.2) is 0 Å². The average Bonchev–Trinajstić information content (AvgIpc) is 3.39. The van der Waals surface area contributed by atoms with E-state index in [2.05, 4.69) is 20.8 Å². The molecule has 8 atom stereocenters. The van der Waals surface area contributed by atoms with E-state index in [1.165, 1.54) is 41.4 Å². The van der Waals surface area contributed by atoms with Crippen molar-refractivity contribution in [3.8, 4) is 0 Å². The minimum Gasteiger partial charge on any atom is -0.372 e. The molecule has 0 aromatic carbocycles. The SMILES string of the molecule is CC(C)(C)OC1C2C3C4C5C(CB6C7CCCC6CCC7)C6C4C2C2C1C3C5C62. The Hall–Kier alpha value is 0.0249.